The molecule has 1 aromatic carbocycles. The second-order valence-corrected chi connectivity index (χ2v) is 6.26. The zero-order chi connectivity index (χ0) is 11.6. The van der Waals surface area contributed by atoms with Crippen LogP contribution in [-0.4, -0.2) is 14.5 Å². The first kappa shape index (κ1) is 11.6. The van der Waals surface area contributed by atoms with Crippen molar-refractivity contribution in [3.05, 3.63) is 30.3 Å². The molecular formula is C12H17NO2S. The van der Waals surface area contributed by atoms with Gasteiger partial charge in [0.05, 0.1) is 4.90 Å². The summed E-state index contributed by atoms with van der Waals surface area (Å²) in [5.74, 6) is 0.628. The van der Waals surface area contributed by atoms with E-state index in [0.717, 1.165) is 19.3 Å². The average molecular weight is 239 g/mol. The molecule has 0 heterocycles. The minimum absolute atomic E-state index is 0.111. The van der Waals surface area contributed by atoms with Gasteiger partial charge >= 0.3 is 0 Å². The highest BCUT2D eigenvalue weighted by Crippen LogP contribution is 2.25. The second-order valence-electron chi connectivity index (χ2n) is 4.55. The lowest BCUT2D eigenvalue weighted by atomic mass is 10.1. The molecule has 88 valence electrons. The highest BCUT2D eigenvalue weighted by molar-refractivity contribution is 7.89. The molecule has 1 aromatic rings. The van der Waals surface area contributed by atoms with Crippen molar-refractivity contribution in [3.63, 3.8) is 0 Å². The van der Waals surface area contributed by atoms with Crippen LogP contribution < -0.4 is 4.72 Å². The summed E-state index contributed by atoms with van der Waals surface area (Å²) in [7, 11) is -3.32. The maximum atomic E-state index is 12.0. The number of rotatable bonds is 3. The van der Waals surface area contributed by atoms with Gasteiger partial charge in [-0.15, -0.1) is 0 Å². The Kier molecular flexibility index (Phi) is 3.30. The Morgan fingerprint density at radius 1 is 1.19 bits per heavy atom. The van der Waals surface area contributed by atoms with E-state index in [1.807, 2.05) is 6.07 Å². The molecule has 4 heteroatoms. The zero-order valence-electron chi connectivity index (χ0n) is 9.39. The van der Waals surface area contributed by atoms with Crippen molar-refractivity contribution in [2.45, 2.75) is 37.1 Å². The number of sulfonamides is 1. The van der Waals surface area contributed by atoms with Crippen LogP contribution in [0.4, 0.5) is 0 Å². The van der Waals surface area contributed by atoms with E-state index in [1.54, 1.807) is 24.3 Å². The molecule has 1 N–H and O–H groups in total. The molecule has 0 aliphatic heterocycles. The molecule has 0 bridgehead atoms. The lowest BCUT2D eigenvalue weighted by Gasteiger charge is -2.12. The van der Waals surface area contributed by atoms with Gasteiger partial charge in [-0.2, -0.15) is 0 Å². The normalized spacial score (nSPS) is 25.8. The van der Waals surface area contributed by atoms with E-state index in [2.05, 4.69) is 11.6 Å². The van der Waals surface area contributed by atoms with Gasteiger partial charge < -0.3 is 0 Å². The van der Waals surface area contributed by atoms with E-state index < -0.39 is 10.0 Å². The Labute approximate surface area is 96.9 Å². The Balaban J connectivity index is 2.09. The molecule has 1 aliphatic carbocycles. The first-order valence-corrected chi connectivity index (χ1v) is 7.13. The summed E-state index contributed by atoms with van der Waals surface area (Å²) in [4.78, 5) is 0.356. The lowest BCUT2D eigenvalue weighted by molar-refractivity contribution is 0.538. The number of nitrogens with one attached hydrogen (secondary N) is 1. The van der Waals surface area contributed by atoms with Gasteiger partial charge in [0.1, 0.15) is 0 Å². The lowest BCUT2D eigenvalue weighted by Crippen LogP contribution is -2.32. The number of benzene rings is 1. The van der Waals surface area contributed by atoms with Gasteiger partial charge in [0, 0.05) is 6.04 Å². The molecule has 2 atom stereocenters. The van der Waals surface area contributed by atoms with Crippen LogP contribution in [0, 0.1) is 5.92 Å². The third-order valence-electron chi connectivity index (χ3n) is 3.07. The van der Waals surface area contributed by atoms with E-state index in [9.17, 15) is 8.42 Å². The van der Waals surface area contributed by atoms with Gasteiger partial charge in [-0.05, 0) is 37.3 Å². The van der Waals surface area contributed by atoms with Crippen LogP contribution in [0.2, 0.25) is 0 Å². The number of hydrogen-bond acceptors (Lipinski definition) is 2. The third kappa shape index (κ3) is 2.62. The van der Waals surface area contributed by atoms with E-state index >= 15 is 0 Å². The van der Waals surface area contributed by atoms with Gasteiger partial charge in [0.2, 0.25) is 10.0 Å². The molecule has 1 fully saturated rings. The molecular weight excluding hydrogens is 222 g/mol. The van der Waals surface area contributed by atoms with Crippen molar-refractivity contribution in [3.8, 4) is 0 Å². The van der Waals surface area contributed by atoms with Gasteiger partial charge in [-0.3, -0.25) is 0 Å². The maximum Gasteiger partial charge on any atom is 0.240 e. The van der Waals surface area contributed by atoms with Crippen LogP contribution in [0.15, 0.2) is 35.2 Å². The fourth-order valence-corrected chi connectivity index (χ4v) is 3.51. The maximum absolute atomic E-state index is 12.0. The molecule has 0 spiro atoms. The predicted octanol–water partition coefficient (Wildman–Crippen LogP) is 2.15. The van der Waals surface area contributed by atoms with Crippen LogP contribution >= 0.6 is 0 Å². The van der Waals surface area contributed by atoms with Crippen molar-refractivity contribution in [2.24, 2.45) is 5.92 Å². The van der Waals surface area contributed by atoms with Gasteiger partial charge in [-0.1, -0.05) is 25.1 Å². The minimum Gasteiger partial charge on any atom is -0.208 e. The van der Waals surface area contributed by atoms with Crippen molar-refractivity contribution in [1.29, 1.82) is 0 Å². The molecule has 0 amide bonds. The van der Waals surface area contributed by atoms with E-state index in [-0.39, 0.29) is 6.04 Å². The quantitative estimate of drug-likeness (QED) is 0.878. The summed E-state index contributed by atoms with van der Waals surface area (Å²) in [6.45, 7) is 2.16. The molecule has 0 saturated heterocycles. The molecule has 0 aromatic heterocycles. The minimum atomic E-state index is -3.32. The van der Waals surface area contributed by atoms with Crippen LogP contribution in [0.25, 0.3) is 0 Å². The Bertz CT molecular complexity index is 441. The molecule has 3 nitrogen and oxygen atoms in total. The van der Waals surface area contributed by atoms with E-state index in [1.165, 1.54) is 0 Å². The number of hydrogen-bond donors (Lipinski definition) is 1. The van der Waals surface area contributed by atoms with Crippen LogP contribution in [-0.2, 0) is 10.0 Å². The first-order chi connectivity index (χ1) is 7.58. The average Bonchev–Trinajstić information content (AvgIpc) is 2.64. The standard InChI is InChI=1S/C12H17NO2S/c1-10-7-8-11(9-10)13-16(14,15)12-5-3-2-4-6-12/h2-6,10-11,13H,7-9H2,1H3/t10-,11+/m0/s1. The summed E-state index contributed by atoms with van der Waals surface area (Å²) in [5, 5.41) is 0. The molecule has 0 radical (unpaired) electrons. The van der Waals surface area contributed by atoms with Crippen molar-refractivity contribution < 1.29 is 8.42 Å². The fraction of sp³-hybridized carbons (Fsp3) is 0.500. The zero-order valence-corrected chi connectivity index (χ0v) is 10.2. The highest BCUT2D eigenvalue weighted by Gasteiger charge is 2.26. The predicted molar refractivity (Wildman–Crippen MR) is 63.6 cm³/mol. The summed E-state index contributed by atoms with van der Waals surface area (Å²) in [5.41, 5.74) is 0. The van der Waals surface area contributed by atoms with Crippen molar-refractivity contribution in [2.75, 3.05) is 0 Å². The molecule has 1 aliphatic rings. The van der Waals surface area contributed by atoms with Crippen molar-refractivity contribution in [1.82, 2.24) is 4.72 Å². The highest BCUT2D eigenvalue weighted by atomic mass is 32.2. The smallest absolute Gasteiger partial charge is 0.208 e. The molecule has 1 saturated carbocycles. The van der Waals surface area contributed by atoms with Crippen LogP contribution in [0.3, 0.4) is 0 Å². The topological polar surface area (TPSA) is 46.2 Å². The Morgan fingerprint density at radius 2 is 1.88 bits per heavy atom. The fourth-order valence-electron chi connectivity index (χ4n) is 2.20. The SMILES string of the molecule is C[C@H]1CC[C@@H](NS(=O)(=O)c2ccccc2)C1. The van der Waals surface area contributed by atoms with Crippen molar-refractivity contribution >= 4 is 10.0 Å². The van der Waals surface area contributed by atoms with Crippen LogP contribution in [0.5, 0.6) is 0 Å². The van der Waals surface area contributed by atoms with Gasteiger partial charge in [0.15, 0.2) is 0 Å². The monoisotopic (exact) mass is 239 g/mol. The second kappa shape index (κ2) is 4.55. The van der Waals surface area contributed by atoms with Gasteiger partial charge in [0.25, 0.3) is 0 Å². The summed E-state index contributed by atoms with van der Waals surface area (Å²) < 4.78 is 26.7. The molecule has 2 rings (SSSR count). The van der Waals surface area contributed by atoms with Gasteiger partial charge in [-0.25, -0.2) is 13.1 Å². The van der Waals surface area contributed by atoms with E-state index in [0.29, 0.717) is 10.8 Å². The summed E-state index contributed by atoms with van der Waals surface area (Å²) in [6.07, 6.45) is 3.02. The van der Waals surface area contributed by atoms with Crippen LogP contribution in [0.1, 0.15) is 26.2 Å². The van der Waals surface area contributed by atoms with E-state index in [4.69, 9.17) is 0 Å². The first-order valence-electron chi connectivity index (χ1n) is 5.65. The largest absolute Gasteiger partial charge is 0.240 e. The molecule has 0 unspecified atom stereocenters. The summed E-state index contributed by atoms with van der Waals surface area (Å²) in [6, 6.07) is 8.66. The Hall–Kier alpha value is -0.870. The Morgan fingerprint density at radius 3 is 2.44 bits per heavy atom. The third-order valence-corrected chi connectivity index (χ3v) is 4.61. The summed E-state index contributed by atoms with van der Waals surface area (Å²) >= 11 is 0. The molecule has 16 heavy (non-hydrogen) atoms.